The van der Waals surface area contributed by atoms with Crippen LogP contribution in [0.2, 0.25) is 0 Å². The van der Waals surface area contributed by atoms with Crippen molar-refractivity contribution in [3.63, 3.8) is 0 Å². The molecular weight excluding hydrogens is 370 g/mol. The number of benzene rings is 3. The van der Waals surface area contributed by atoms with Crippen LogP contribution < -0.4 is 4.74 Å². The van der Waals surface area contributed by atoms with Crippen LogP contribution in [0.25, 0.3) is 6.08 Å². The van der Waals surface area contributed by atoms with E-state index >= 15 is 0 Å². The molecule has 4 heteroatoms. The molecule has 3 aromatic carbocycles. The number of halogens is 2. The van der Waals surface area contributed by atoms with Gasteiger partial charge in [0.1, 0.15) is 23.1 Å². The number of hydrogen-bond acceptors (Lipinski definition) is 2. The number of ether oxygens (including phenoxy) is 2. The molecule has 0 atom stereocenters. The quantitative estimate of drug-likeness (QED) is 0.409. The summed E-state index contributed by atoms with van der Waals surface area (Å²) in [6, 6.07) is 19.9. The van der Waals surface area contributed by atoms with Crippen molar-refractivity contribution >= 4 is 6.08 Å². The Morgan fingerprint density at radius 3 is 2.17 bits per heavy atom. The van der Waals surface area contributed by atoms with Crippen molar-refractivity contribution in [3.05, 3.63) is 102 Å². The van der Waals surface area contributed by atoms with E-state index in [4.69, 9.17) is 9.47 Å². The highest BCUT2D eigenvalue weighted by Crippen LogP contribution is 2.24. The van der Waals surface area contributed by atoms with Crippen LogP contribution >= 0.6 is 0 Å². The predicted octanol–water partition coefficient (Wildman–Crippen LogP) is 7.01. The second kappa shape index (κ2) is 9.48. The third kappa shape index (κ3) is 6.84. The summed E-state index contributed by atoms with van der Waals surface area (Å²) in [6.45, 7) is 5.16. The molecule has 0 saturated heterocycles. The van der Waals surface area contributed by atoms with E-state index in [0.717, 1.165) is 11.1 Å². The standard InChI is InChI=1S/C25H24F2O2/c1-25(2,15-14-19-6-8-21(26)9-7-19)18-28-17-20-4-3-5-24(16-20)29-23-12-10-22(27)11-13-23/h3-16H,17-18H2,1-2H3. The highest BCUT2D eigenvalue weighted by molar-refractivity contribution is 5.49. The average molecular weight is 394 g/mol. The minimum atomic E-state index is -0.296. The van der Waals surface area contributed by atoms with Crippen LogP contribution in [0.3, 0.4) is 0 Å². The second-order valence-electron chi connectivity index (χ2n) is 7.57. The maximum absolute atomic E-state index is 13.0. The molecule has 3 rings (SSSR count). The topological polar surface area (TPSA) is 18.5 Å². The van der Waals surface area contributed by atoms with Crippen LogP contribution in [0, 0.1) is 17.0 Å². The minimum Gasteiger partial charge on any atom is -0.457 e. The van der Waals surface area contributed by atoms with Crippen LogP contribution in [0.15, 0.2) is 78.9 Å². The molecule has 0 aliphatic heterocycles. The Morgan fingerprint density at radius 2 is 1.48 bits per heavy atom. The number of hydrogen-bond donors (Lipinski definition) is 0. The normalized spacial score (nSPS) is 11.7. The smallest absolute Gasteiger partial charge is 0.127 e. The SMILES string of the molecule is CC(C)(C=Cc1ccc(F)cc1)COCc1cccc(Oc2ccc(F)cc2)c1. The van der Waals surface area contributed by atoms with Crippen LogP contribution in [0.5, 0.6) is 11.5 Å². The van der Waals surface area contributed by atoms with Crippen molar-refractivity contribution in [2.45, 2.75) is 20.5 Å². The first-order valence-electron chi connectivity index (χ1n) is 9.45. The van der Waals surface area contributed by atoms with E-state index in [1.54, 1.807) is 24.3 Å². The van der Waals surface area contributed by atoms with Crippen molar-refractivity contribution in [3.8, 4) is 11.5 Å². The molecular formula is C25H24F2O2. The van der Waals surface area contributed by atoms with Crippen LogP contribution in [0.4, 0.5) is 8.78 Å². The van der Waals surface area contributed by atoms with Gasteiger partial charge in [-0.1, -0.05) is 50.3 Å². The molecule has 0 aliphatic rings. The summed E-state index contributed by atoms with van der Waals surface area (Å²) >= 11 is 0. The maximum Gasteiger partial charge on any atom is 0.127 e. The van der Waals surface area contributed by atoms with Gasteiger partial charge in [-0.2, -0.15) is 0 Å². The Kier molecular flexibility index (Phi) is 6.78. The van der Waals surface area contributed by atoms with Gasteiger partial charge in [0.25, 0.3) is 0 Å². The monoisotopic (exact) mass is 394 g/mol. The van der Waals surface area contributed by atoms with Crippen molar-refractivity contribution in [2.24, 2.45) is 5.41 Å². The first kappa shape index (κ1) is 20.7. The molecule has 3 aromatic rings. The second-order valence-corrected chi connectivity index (χ2v) is 7.57. The molecule has 29 heavy (non-hydrogen) atoms. The lowest BCUT2D eigenvalue weighted by atomic mass is 9.93. The molecule has 0 radical (unpaired) electrons. The van der Waals surface area contributed by atoms with Gasteiger partial charge in [0, 0.05) is 5.41 Å². The fraction of sp³-hybridized carbons (Fsp3) is 0.200. The Bertz CT molecular complexity index is 945. The lowest BCUT2D eigenvalue weighted by molar-refractivity contribution is 0.0719. The molecule has 0 bridgehead atoms. The van der Waals surface area contributed by atoms with E-state index in [-0.39, 0.29) is 17.0 Å². The van der Waals surface area contributed by atoms with Crippen LogP contribution in [0.1, 0.15) is 25.0 Å². The van der Waals surface area contributed by atoms with Gasteiger partial charge in [0.2, 0.25) is 0 Å². The van der Waals surface area contributed by atoms with Gasteiger partial charge in [-0.15, -0.1) is 0 Å². The molecule has 0 heterocycles. The molecule has 0 fully saturated rings. The van der Waals surface area contributed by atoms with Gasteiger partial charge in [0.05, 0.1) is 13.2 Å². The van der Waals surface area contributed by atoms with Gasteiger partial charge in [-0.3, -0.25) is 0 Å². The van der Waals surface area contributed by atoms with Crippen molar-refractivity contribution < 1.29 is 18.3 Å². The van der Waals surface area contributed by atoms with E-state index in [1.807, 2.05) is 30.3 Å². The molecule has 150 valence electrons. The van der Waals surface area contributed by atoms with Crippen molar-refractivity contribution in [1.82, 2.24) is 0 Å². The Morgan fingerprint density at radius 1 is 0.828 bits per heavy atom. The van der Waals surface area contributed by atoms with Crippen molar-refractivity contribution in [1.29, 1.82) is 0 Å². The molecule has 0 N–H and O–H groups in total. The Balaban J connectivity index is 1.52. The summed E-state index contributed by atoms with van der Waals surface area (Å²) in [4.78, 5) is 0. The summed E-state index contributed by atoms with van der Waals surface area (Å²) in [5.41, 5.74) is 1.77. The van der Waals surface area contributed by atoms with E-state index in [9.17, 15) is 8.78 Å². The fourth-order valence-corrected chi connectivity index (χ4v) is 2.71. The molecule has 0 aromatic heterocycles. The van der Waals surface area contributed by atoms with E-state index in [2.05, 4.69) is 19.9 Å². The highest BCUT2D eigenvalue weighted by atomic mass is 19.1. The zero-order valence-corrected chi connectivity index (χ0v) is 16.6. The summed E-state index contributed by atoms with van der Waals surface area (Å²) in [7, 11) is 0. The third-order valence-electron chi connectivity index (χ3n) is 4.29. The summed E-state index contributed by atoms with van der Waals surface area (Å²) < 4.78 is 37.6. The van der Waals surface area contributed by atoms with Gasteiger partial charge < -0.3 is 9.47 Å². The van der Waals surface area contributed by atoms with Gasteiger partial charge in [-0.05, 0) is 59.7 Å². The minimum absolute atomic E-state index is 0.170. The summed E-state index contributed by atoms with van der Waals surface area (Å²) in [6.07, 6.45) is 4.04. The largest absolute Gasteiger partial charge is 0.457 e. The highest BCUT2D eigenvalue weighted by Gasteiger charge is 2.14. The van der Waals surface area contributed by atoms with Crippen LogP contribution in [-0.4, -0.2) is 6.61 Å². The Labute approximate surface area is 170 Å². The first-order chi connectivity index (χ1) is 13.9. The molecule has 0 amide bonds. The lowest BCUT2D eigenvalue weighted by Gasteiger charge is -2.20. The van der Waals surface area contributed by atoms with E-state index in [1.165, 1.54) is 24.3 Å². The fourth-order valence-electron chi connectivity index (χ4n) is 2.71. The van der Waals surface area contributed by atoms with Crippen molar-refractivity contribution in [2.75, 3.05) is 6.61 Å². The van der Waals surface area contributed by atoms with Crippen LogP contribution in [-0.2, 0) is 11.3 Å². The van der Waals surface area contributed by atoms with Gasteiger partial charge >= 0.3 is 0 Å². The zero-order valence-electron chi connectivity index (χ0n) is 16.6. The first-order valence-corrected chi connectivity index (χ1v) is 9.45. The van der Waals surface area contributed by atoms with Gasteiger partial charge in [-0.25, -0.2) is 8.78 Å². The Hall–Kier alpha value is -2.98. The molecule has 0 aliphatic carbocycles. The molecule has 0 spiro atoms. The molecule has 2 nitrogen and oxygen atoms in total. The van der Waals surface area contributed by atoms with Gasteiger partial charge in [0.15, 0.2) is 0 Å². The number of rotatable bonds is 8. The zero-order chi connectivity index (χ0) is 20.7. The molecule has 0 unspecified atom stereocenters. The summed E-state index contributed by atoms with van der Waals surface area (Å²) in [5.74, 6) is 0.718. The van der Waals surface area contributed by atoms with E-state index < -0.39 is 0 Å². The average Bonchev–Trinajstić information content (AvgIpc) is 2.70. The third-order valence-corrected chi connectivity index (χ3v) is 4.29. The lowest BCUT2D eigenvalue weighted by Crippen LogP contribution is -2.16. The predicted molar refractivity (Wildman–Crippen MR) is 112 cm³/mol. The summed E-state index contributed by atoms with van der Waals surface area (Å²) in [5, 5.41) is 0. The maximum atomic E-state index is 13.0. The van der Waals surface area contributed by atoms with E-state index in [0.29, 0.717) is 24.7 Å². The molecule has 0 saturated carbocycles.